The SMILES string of the molecule is C1=Cc2ccc(-c3nc(-c4ccccc4)cc(-c4ccc(-c5cccnc5)cc4)n3)cc2-c2ccc3ccccc3c2Oc2ccccc2-c2ccccc21. The molecule has 0 bridgehead atoms. The Morgan fingerprint density at radius 1 is 0.400 bits per heavy atom. The number of aromatic nitrogens is 3. The Bertz CT molecular complexity index is 2880. The molecule has 0 atom stereocenters. The summed E-state index contributed by atoms with van der Waals surface area (Å²) < 4.78 is 7.08. The van der Waals surface area contributed by atoms with Crippen LogP contribution in [0.4, 0.5) is 0 Å². The summed E-state index contributed by atoms with van der Waals surface area (Å²) in [6.07, 6.45) is 8.09. The maximum absolute atomic E-state index is 7.08. The van der Waals surface area contributed by atoms with E-state index in [-0.39, 0.29) is 0 Å². The van der Waals surface area contributed by atoms with E-state index in [9.17, 15) is 0 Å². The smallest absolute Gasteiger partial charge is 0.160 e. The van der Waals surface area contributed by atoms with E-state index in [1.54, 1.807) is 6.20 Å². The van der Waals surface area contributed by atoms with Gasteiger partial charge in [-0.3, -0.25) is 4.98 Å². The van der Waals surface area contributed by atoms with Crippen LogP contribution in [0.3, 0.4) is 0 Å². The second kappa shape index (κ2) is 13.8. The predicted molar refractivity (Wildman–Crippen MR) is 225 cm³/mol. The number of hydrogen-bond acceptors (Lipinski definition) is 4. The molecular weight excluding hydrogens is 671 g/mol. The summed E-state index contributed by atoms with van der Waals surface area (Å²) in [6.45, 7) is 0. The molecule has 0 radical (unpaired) electrons. The highest BCUT2D eigenvalue weighted by Gasteiger charge is 2.20. The van der Waals surface area contributed by atoms with Gasteiger partial charge in [0.05, 0.1) is 11.4 Å². The number of pyridine rings is 1. The third-order valence-electron chi connectivity index (χ3n) is 10.2. The van der Waals surface area contributed by atoms with Gasteiger partial charge < -0.3 is 4.74 Å². The molecule has 55 heavy (non-hydrogen) atoms. The maximum Gasteiger partial charge on any atom is 0.160 e. The lowest BCUT2D eigenvalue weighted by atomic mass is 9.93. The van der Waals surface area contributed by atoms with Gasteiger partial charge in [0.1, 0.15) is 11.5 Å². The van der Waals surface area contributed by atoms with Crippen molar-refractivity contribution in [2.75, 3.05) is 0 Å². The van der Waals surface area contributed by atoms with Crippen LogP contribution < -0.4 is 4.74 Å². The summed E-state index contributed by atoms with van der Waals surface area (Å²) in [7, 11) is 0. The average Bonchev–Trinajstić information content (AvgIpc) is 3.28. The van der Waals surface area contributed by atoms with Crippen molar-refractivity contribution >= 4 is 22.9 Å². The number of para-hydroxylation sites is 1. The maximum atomic E-state index is 7.08. The molecule has 0 fully saturated rings. The molecule has 7 aromatic carbocycles. The van der Waals surface area contributed by atoms with Crippen molar-refractivity contribution in [2.45, 2.75) is 0 Å². The largest absolute Gasteiger partial charge is 0.455 e. The van der Waals surface area contributed by atoms with Crippen molar-refractivity contribution < 1.29 is 4.74 Å². The summed E-state index contributed by atoms with van der Waals surface area (Å²) in [5.41, 5.74) is 13.2. The molecule has 3 heterocycles. The third-order valence-corrected chi connectivity index (χ3v) is 10.2. The third kappa shape index (κ3) is 6.16. The molecule has 258 valence electrons. The van der Waals surface area contributed by atoms with Gasteiger partial charge in [-0.2, -0.15) is 0 Å². The normalized spacial score (nSPS) is 11.7. The van der Waals surface area contributed by atoms with Crippen molar-refractivity contribution in [1.82, 2.24) is 15.0 Å². The number of benzene rings is 7. The average molecular weight is 704 g/mol. The van der Waals surface area contributed by atoms with Gasteiger partial charge in [0.2, 0.25) is 0 Å². The lowest BCUT2D eigenvalue weighted by molar-refractivity contribution is 0.492. The zero-order chi connectivity index (χ0) is 36.6. The minimum Gasteiger partial charge on any atom is -0.455 e. The van der Waals surface area contributed by atoms with E-state index in [0.29, 0.717) is 5.82 Å². The Labute approximate surface area is 319 Å². The molecule has 0 amide bonds. The molecule has 4 heteroatoms. The lowest BCUT2D eigenvalue weighted by Gasteiger charge is -2.18. The molecule has 1 aliphatic rings. The predicted octanol–water partition coefficient (Wildman–Crippen LogP) is 13.3. The molecule has 0 aliphatic carbocycles. The molecule has 4 nitrogen and oxygen atoms in total. The van der Waals surface area contributed by atoms with E-state index in [1.165, 1.54) is 0 Å². The van der Waals surface area contributed by atoms with E-state index in [2.05, 4.69) is 163 Å². The van der Waals surface area contributed by atoms with E-state index < -0.39 is 0 Å². The van der Waals surface area contributed by atoms with Crippen LogP contribution in [0, 0.1) is 0 Å². The lowest BCUT2D eigenvalue weighted by Crippen LogP contribution is -1.97. The first-order valence-corrected chi connectivity index (χ1v) is 18.4. The minimum absolute atomic E-state index is 0.646. The first-order valence-electron chi connectivity index (χ1n) is 18.4. The van der Waals surface area contributed by atoms with Gasteiger partial charge in [-0.1, -0.05) is 158 Å². The zero-order valence-electron chi connectivity index (χ0n) is 29.8. The topological polar surface area (TPSA) is 47.9 Å². The van der Waals surface area contributed by atoms with Crippen LogP contribution in [0.5, 0.6) is 11.5 Å². The monoisotopic (exact) mass is 703 g/mol. The number of rotatable bonds is 4. The van der Waals surface area contributed by atoms with Crippen molar-refractivity contribution in [2.24, 2.45) is 0 Å². The van der Waals surface area contributed by atoms with Crippen LogP contribution in [0.1, 0.15) is 11.1 Å². The summed E-state index contributed by atoms with van der Waals surface area (Å²) in [6, 6.07) is 61.0. The Morgan fingerprint density at radius 2 is 1.05 bits per heavy atom. The highest BCUT2D eigenvalue weighted by Crippen LogP contribution is 2.45. The fraction of sp³-hybridized carbons (Fsp3) is 0. The highest BCUT2D eigenvalue weighted by atomic mass is 16.5. The number of hydrogen-bond donors (Lipinski definition) is 0. The van der Waals surface area contributed by atoms with Crippen LogP contribution >= 0.6 is 0 Å². The molecule has 1 aliphatic heterocycles. The fourth-order valence-corrected chi connectivity index (χ4v) is 7.44. The van der Waals surface area contributed by atoms with Crippen molar-refractivity contribution in [3.8, 4) is 78.8 Å². The van der Waals surface area contributed by atoms with E-state index in [0.717, 1.165) is 94.9 Å². The Morgan fingerprint density at radius 3 is 1.87 bits per heavy atom. The van der Waals surface area contributed by atoms with Gasteiger partial charge in [0.25, 0.3) is 0 Å². The number of nitrogens with zero attached hydrogens (tertiary/aromatic N) is 3. The fourth-order valence-electron chi connectivity index (χ4n) is 7.44. The molecule has 10 rings (SSSR count). The second-order valence-corrected chi connectivity index (χ2v) is 13.6. The quantitative estimate of drug-likeness (QED) is 0.183. The summed E-state index contributed by atoms with van der Waals surface area (Å²) in [4.78, 5) is 14.7. The van der Waals surface area contributed by atoms with E-state index >= 15 is 0 Å². The van der Waals surface area contributed by atoms with Crippen LogP contribution in [-0.4, -0.2) is 15.0 Å². The second-order valence-electron chi connectivity index (χ2n) is 13.6. The molecule has 0 saturated carbocycles. The number of fused-ring (bicyclic) bond motifs is 8. The van der Waals surface area contributed by atoms with Crippen LogP contribution in [-0.2, 0) is 0 Å². The van der Waals surface area contributed by atoms with Crippen LogP contribution in [0.25, 0.3) is 90.2 Å². The van der Waals surface area contributed by atoms with Crippen molar-refractivity contribution in [1.29, 1.82) is 0 Å². The molecule has 2 aromatic heterocycles. The van der Waals surface area contributed by atoms with Crippen molar-refractivity contribution in [3.05, 3.63) is 199 Å². The molecule has 0 saturated heterocycles. The number of ether oxygens (including phenoxy) is 1. The van der Waals surface area contributed by atoms with E-state index in [1.807, 2.05) is 36.5 Å². The van der Waals surface area contributed by atoms with Gasteiger partial charge in [-0.15, -0.1) is 0 Å². The zero-order valence-corrected chi connectivity index (χ0v) is 29.8. The van der Waals surface area contributed by atoms with Gasteiger partial charge in [0.15, 0.2) is 5.82 Å². The summed E-state index contributed by atoms with van der Waals surface area (Å²) in [5.74, 6) is 2.26. The summed E-state index contributed by atoms with van der Waals surface area (Å²) in [5, 5.41) is 2.15. The molecule has 0 N–H and O–H groups in total. The Balaban J connectivity index is 1.18. The van der Waals surface area contributed by atoms with Gasteiger partial charge in [0, 0.05) is 45.6 Å². The first-order chi connectivity index (χ1) is 27.2. The van der Waals surface area contributed by atoms with Gasteiger partial charge in [-0.05, 0) is 69.1 Å². The Hall–Kier alpha value is -7.43. The van der Waals surface area contributed by atoms with Gasteiger partial charge in [-0.25, -0.2) is 9.97 Å². The molecule has 9 aromatic rings. The highest BCUT2D eigenvalue weighted by molar-refractivity contribution is 5.99. The molecule has 0 unspecified atom stereocenters. The molecular formula is C51H33N3O. The van der Waals surface area contributed by atoms with Crippen LogP contribution in [0.2, 0.25) is 0 Å². The minimum atomic E-state index is 0.646. The Kier molecular flexibility index (Phi) is 8.12. The van der Waals surface area contributed by atoms with E-state index in [4.69, 9.17) is 14.7 Å². The van der Waals surface area contributed by atoms with Crippen LogP contribution in [0.15, 0.2) is 188 Å². The van der Waals surface area contributed by atoms with Crippen molar-refractivity contribution in [3.63, 3.8) is 0 Å². The standard InChI is InChI=1S/C51H33N3O/c1-2-13-38(14-3-1)47-32-48(39-25-20-34(21-26-39)41-15-10-30-52-33-41)54-51(53-47)40-27-24-37-23-22-35-11-4-6-16-42(35)44-18-8-9-19-49(44)55-50-43-17-7-5-12-36(43)28-29-45(50)46(37)31-40/h1-33H. The first kappa shape index (κ1) is 32.2. The van der Waals surface area contributed by atoms with Gasteiger partial charge >= 0.3 is 0 Å². The summed E-state index contributed by atoms with van der Waals surface area (Å²) >= 11 is 0. The molecule has 0 spiro atoms.